The largest absolute Gasteiger partial charge is 0.399 e. The van der Waals surface area contributed by atoms with Crippen LogP contribution >= 0.6 is 0 Å². The van der Waals surface area contributed by atoms with E-state index >= 15 is 0 Å². The molecule has 0 radical (unpaired) electrons. The quantitative estimate of drug-likeness (QED) is 0.756. The van der Waals surface area contributed by atoms with Crippen molar-refractivity contribution in [1.82, 2.24) is 0 Å². The van der Waals surface area contributed by atoms with Crippen LogP contribution in [0.2, 0.25) is 0 Å². The second-order valence-electron chi connectivity index (χ2n) is 5.61. The van der Waals surface area contributed by atoms with Gasteiger partial charge in [0.05, 0.1) is 23.5 Å². The summed E-state index contributed by atoms with van der Waals surface area (Å²) in [5.74, 6) is 0. The molecule has 112 valence electrons. The van der Waals surface area contributed by atoms with Crippen LogP contribution < -0.4 is 5.73 Å². The molecule has 0 aromatic carbocycles. The number of hydrogen-bond donors (Lipinski definition) is 1. The average Bonchev–Trinajstić information content (AvgIpc) is 2.39. The van der Waals surface area contributed by atoms with Crippen molar-refractivity contribution in [2.24, 2.45) is 15.7 Å². The Hall–Kier alpha value is -1.38. The molecule has 1 aliphatic heterocycles. The summed E-state index contributed by atoms with van der Waals surface area (Å²) in [6.45, 7) is 8.46. The van der Waals surface area contributed by atoms with Gasteiger partial charge in [-0.1, -0.05) is 32.3 Å². The topological polar surface area (TPSA) is 50.7 Å². The van der Waals surface area contributed by atoms with Gasteiger partial charge in [-0.15, -0.1) is 0 Å². The van der Waals surface area contributed by atoms with Crippen molar-refractivity contribution >= 4 is 11.4 Å². The van der Waals surface area contributed by atoms with E-state index in [0.29, 0.717) is 0 Å². The predicted octanol–water partition coefficient (Wildman–Crippen LogP) is 4.05. The van der Waals surface area contributed by atoms with Crippen LogP contribution in [0.3, 0.4) is 0 Å². The first kappa shape index (κ1) is 16.7. The Kier molecular flexibility index (Phi) is 7.27. The number of rotatable bonds is 5. The van der Waals surface area contributed by atoms with E-state index in [1.165, 1.54) is 25.7 Å². The summed E-state index contributed by atoms with van der Waals surface area (Å²) < 4.78 is 0. The molecule has 0 bridgehead atoms. The Labute approximate surface area is 123 Å². The zero-order valence-electron chi connectivity index (χ0n) is 13.4. The summed E-state index contributed by atoms with van der Waals surface area (Å²) in [6.07, 6.45) is 12.0. The molecule has 0 fully saturated rings. The molecule has 0 spiro atoms. The van der Waals surface area contributed by atoms with Crippen LogP contribution in [0.4, 0.5) is 0 Å². The molecule has 0 aromatic rings. The molecule has 20 heavy (non-hydrogen) atoms. The van der Waals surface area contributed by atoms with Gasteiger partial charge in [0, 0.05) is 5.70 Å². The highest BCUT2D eigenvalue weighted by atomic mass is 14.8. The normalized spacial score (nSPS) is 33.3. The van der Waals surface area contributed by atoms with Gasteiger partial charge in [0.2, 0.25) is 0 Å². The molecule has 0 aliphatic carbocycles. The SMILES string of the molecule is CCCCCCC1=N/C(C)/C=C(N)\C=C/C(C)/N=C\1C. The first-order chi connectivity index (χ1) is 9.52. The molecule has 2 N–H and O–H groups in total. The van der Waals surface area contributed by atoms with Gasteiger partial charge in [-0.2, -0.15) is 0 Å². The van der Waals surface area contributed by atoms with E-state index in [1.807, 2.05) is 18.2 Å². The highest BCUT2D eigenvalue weighted by Crippen LogP contribution is 2.10. The second-order valence-corrected chi connectivity index (χ2v) is 5.61. The maximum absolute atomic E-state index is 5.95. The molecule has 0 amide bonds. The van der Waals surface area contributed by atoms with E-state index in [-0.39, 0.29) is 12.1 Å². The Morgan fingerprint density at radius 2 is 1.85 bits per heavy atom. The molecular weight excluding hydrogens is 246 g/mol. The zero-order chi connectivity index (χ0) is 15.0. The zero-order valence-corrected chi connectivity index (χ0v) is 13.4. The molecule has 0 aromatic heterocycles. The number of unbranched alkanes of at least 4 members (excludes halogenated alkanes) is 3. The molecule has 1 heterocycles. The maximum atomic E-state index is 5.95. The highest BCUT2D eigenvalue weighted by Gasteiger charge is 2.09. The first-order valence-electron chi connectivity index (χ1n) is 7.79. The number of aliphatic imine (C=N–C) groups is 2. The van der Waals surface area contributed by atoms with Gasteiger partial charge in [-0.05, 0) is 45.8 Å². The van der Waals surface area contributed by atoms with E-state index in [9.17, 15) is 0 Å². The molecule has 3 heteroatoms. The van der Waals surface area contributed by atoms with Crippen LogP contribution in [0.1, 0.15) is 59.8 Å². The summed E-state index contributed by atoms with van der Waals surface area (Å²) >= 11 is 0. The first-order valence-corrected chi connectivity index (χ1v) is 7.79. The number of nitrogens with two attached hydrogens (primary N) is 1. The van der Waals surface area contributed by atoms with Crippen LogP contribution in [-0.2, 0) is 0 Å². The van der Waals surface area contributed by atoms with Gasteiger partial charge in [0.15, 0.2) is 0 Å². The van der Waals surface area contributed by atoms with Gasteiger partial charge in [-0.3, -0.25) is 9.98 Å². The standard InChI is InChI=1S/C17H29N3/c1-5-6-7-8-9-17-15(4)19-13(2)10-11-16(18)12-14(3)20-17/h10-14H,5-9,18H2,1-4H3/b11-10-,16-12+,19-15-,20-17-. The van der Waals surface area contributed by atoms with E-state index in [1.54, 1.807) is 0 Å². The molecule has 2 unspecified atom stereocenters. The summed E-state index contributed by atoms with van der Waals surface area (Å²) in [4.78, 5) is 9.50. The lowest BCUT2D eigenvalue weighted by Crippen LogP contribution is -2.17. The molecule has 1 aliphatic rings. The number of hydrogen-bond acceptors (Lipinski definition) is 3. The maximum Gasteiger partial charge on any atom is 0.0678 e. The monoisotopic (exact) mass is 275 g/mol. The molecule has 3 nitrogen and oxygen atoms in total. The highest BCUT2D eigenvalue weighted by molar-refractivity contribution is 6.41. The molecule has 0 saturated carbocycles. The van der Waals surface area contributed by atoms with E-state index < -0.39 is 0 Å². The summed E-state index contributed by atoms with van der Waals surface area (Å²) in [6, 6.07) is 0.260. The number of nitrogens with zero attached hydrogens (tertiary/aromatic N) is 2. The Balaban J connectivity index is 2.85. The van der Waals surface area contributed by atoms with Crippen molar-refractivity contribution in [3.63, 3.8) is 0 Å². The smallest absolute Gasteiger partial charge is 0.0678 e. The molecule has 1 rings (SSSR count). The third kappa shape index (κ3) is 6.18. The Morgan fingerprint density at radius 1 is 1.10 bits per heavy atom. The molecular formula is C17H29N3. The summed E-state index contributed by atoms with van der Waals surface area (Å²) in [5, 5.41) is 0. The van der Waals surface area contributed by atoms with Crippen molar-refractivity contribution in [1.29, 1.82) is 0 Å². The second kappa shape index (κ2) is 8.72. The van der Waals surface area contributed by atoms with Crippen molar-refractivity contribution in [3.8, 4) is 0 Å². The van der Waals surface area contributed by atoms with Crippen molar-refractivity contribution in [2.75, 3.05) is 0 Å². The van der Waals surface area contributed by atoms with Crippen molar-refractivity contribution < 1.29 is 0 Å². The van der Waals surface area contributed by atoms with Gasteiger partial charge in [0.1, 0.15) is 0 Å². The molecule has 0 saturated heterocycles. The lowest BCUT2D eigenvalue weighted by molar-refractivity contribution is 0.682. The Bertz CT molecular complexity index is 416. The molecule has 2 atom stereocenters. The van der Waals surface area contributed by atoms with Crippen LogP contribution in [0.5, 0.6) is 0 Å². The van der Waals surface area contributed by atoms with E-state index in [0.717, 1.165) is 23.5 Å². The van der Waals surface area contributed by atoms with E-state index in [4.69, 9.17) is 15.7 Å². The fraction of sp³-hybridized carbons (Fsp3) is 0.647. The van der Waals surface area contributed by atoms with Crippen LogP contribution in [-0.4, -0.2) is 23.5 Å². The predicted molar refractivity (Wildman–Crippen MR) is 89.6 cm³/mol. The third-order valence-corrected chi connectivity index (χ3v) is 3.44. The fourth-order valence-electron chi connectivity index (χ4n) is 2.35. The summed E-state index contributed by atoms with van der Waals surface area (Å²) in [5.41, 5.74) is 8.93. The van der Waals surface area contributed by atoms with Crippen molar-refractivity contribution in [2.45, 2.75) is 71.9 Å². The van der Waals surface area contributed by atoms with Gasteiger partial charge >= 0.3 is 0 Å². The Morgan fingerprint density at radius 3 is 2.55 bits per heavy atom. The summed E-state index contributed by atoms with van der Waals surface area (Å²) in [7, 11) is 0. The van der Waals surface area contributed by atoms with Gasteiger partial charge < -0.3 is 5.73 Å². The van der Waals surface area contributed by atoms with Gasteiger partial charge in [0.25, 0.3) is 0 Å². The third-order valence-electron chi connectivity index (χ3n) is 3.44. The van der Waals surface area contributed by atoms with Crippen LogP contribution in [0.25, 0.3) is 0 Å². The minimum atomic E-state index is 0.111. The van der Waals surface area contributed by atoms with Crippen molar-refractivity contribution in [3.05, 3.63) is 23.9 Å². The average molecular weight is 275 g/mol. The minimum Gasteiger partial charge on any atom is -0.399 e. The lowest BCUT2D eigenvalue weighted by atomic mass is 10.1. The number of allylic oxidation sites excluding steroid dienone is 1. The lowest BCUT2D eigenvalue weighted by Gasteiger charge is -2.13. The van der Waals surface area contributed by atoms with E-state index in [2.05, 4.69) is 27.7 Å². The fourth-order valence-corrected chi connectivity index (χ4v) is 2.35. The van der Waals surface area contributed by atoms with Crippen LogP contribution in [0.15, 0.2) is 33.9 Å². The van der Waals surface area contributed by atoms with Gasteiger partial charge in [-0.25, -0.2) is 0 Å². The minimum absolute atomic E-state index is 0.111. The van der Waals surface area contributed by atoms with Crippen LogP contribution in [0, 0.1) is 0 Å².